The van der Waals surface area contributed by atoms with E-state index >= 15 is 0 Å². The molecule has 2 aromatic carbocycles. The molecule has 0 bridgehead atoms. The summed E-state index contributed by atoms with van der Waals surface area (Å²) in [6, 6.07) is 13.8. The zero-order valence-corrected chi connectivity index (χ0v) is 21.4. The van der Waals surface area contributed by atoms with E-state index in [1.807, 2.05) is 19.1 Å². The number of nitrogens with zero attached hydrogens (tertiary/aromatic N) is 4. The molecule has 0 saturated carbocycles. The van der Waals surface area contributed by atoms with E-state index in [-0.39, 0.29) is 4.90 Å². The summed E-state index contributed by atoms with van der Waals surface area (Å²) in [6.45, 7) is 7.28. The van der Waals surface area contributed by atoms with Crippen molar-refractivity contribution in [2.45, 2.75) is 38.1 Å². The van der Waals surface area contributed by atoms with E-state index in [0.717, 1.165) is 16.8 Å². The van der Waals surface area contributed by atoms with Gasteiger partial charge in [0, 0.05) is 28.6 Å². The zero-order chi connectivity index (χ0) is 24.7. The Labute approximate surface area is 208 Å². The Hall–Kier alpha value is -2.78. The third kappa shape index (κ3) is 5.47. The number of rotatable bonds is 5. The maximum absolute atomic E-state index is 12.5. The van der Waals surface area contributed by atoms with Crippen LogP contribution in [0.15, 0.2) is 66.0 Å². The molecule has 7 nitrogen and oxygen atoms in total. The summed E-state index contributed by atoms with van der Waals surface area (Å²) < 4.78 is 29.4. The molecule has 0 fully saturated rings. The summed E-state index contributed by atoms with van der Waals surface area (Å²) >= 11 is 12.2. The monoisotopic (exact) mass is 515 g/mol. The van der Waals surface area contributed by atoms with Gasteiger partial charge in [-0.1, -0.05) is 41.4 Å². The van der Waals surface area contributed by atoms with Crippen molar-refractivity contribution in [1.29, 1.82) is 0 Å². The van der Waals surface area contributed by atoms with Crippen LogP contribution in [0.5, 0.6) is 0 Å². The molecule has 0 aliphatic rings. The second-order valence-corrected chi connectivity index (χ2v) is 11.4. The van der Waals surface area contributed by atoms with Gasteiger partial charge in [0.25, 0.3) is 0 Å². The standard InChI is InChI=1S/C24H23Cl2N5O2S/c1-15-11-21(17-7-10-19(25)20(26)12-17)29-23(28-15)31-13-22(27-14-31)16-5-8-18(9-6-16)34(32,33)30-24(2,3)4/h5-14,30H,1-4H3. The average molecular weight is 516 g/mol. The number of benzene rings is 2. The second-order valence-electron chi connectivity index (χ2n) is 8.87. The van der Waals surface area contributed by atoms with Crippen molar-refractivity contribution in [3.63, 3.8) is 0 Å². The molecule has 0 saturated heterocycles. The lowest BCUT2D eigenvalue weighted by Gasteiger charge is -2.20. The van der Waals surface area contributed by atoms with Crippen LogP contribution in [-0.4, -0.2) is 33.5 Å². The van der Waals surface area contributed by atoms with Crippen LogP contribution in [0.3, 0.4) is 0 Å². The van der Waals surface area contributed by atoms with E-state index in [1.54, 1.807) is 74.3 Å². The zero-order valence-electron chi connectivity index (χ0n) is 19.0. The molecular formula is C24H23Cl2N5O2S. The third-order valence-electron chi connectivity index (χ3n) is 4.77. The number of nitrogens with one attached hydrogen (secondary N) is 1. The summed E-state index contributed by atoms with van der Waals surface area (Å²) in [6.07, 6.45) is 3.42. The van der Waals surface area contributed by atoms with Crippen LogP contribution in [-0.2, 0) is 10.0 Å². The molecule has 0 spiro atoms. The molecule has 4 rings (SSSR count). The predicted octanol–water partition coefficient (Wildman–Crippen LogP) is 5.69. The summed E-state index contributed by atoms with van der Waals surface area (Å²) in [7, 11) is -3.61. The van der Waals surface area contributed by atoms with Crippen molar-refractivity contribution >= 4 is 33.2 Å². The van der Waals surface area contributed by atoms with Gasteiger partial charge in [-0.2, -0.15) is 0 Å². The number of imidazole rings is 1. The molecule has 0 radical (unpaired) electrons. The highest BCUT2D eigenvalue weighted by molar-refractivity contribution is 7.89. The first kappa shape index (κ1) is 24.3. The molecular weight excluding hydrogens is 493 g/mol. The number of hydrogen-bond acceptors (Lipinski definition) is 5. The Morgan fingerprint density at radius 2 is 1.56 bits per heavy atom. The smallest absolute Gasteiger partial charge is 0.241 e. The van der Waals surface area contributed by atoms with Crippen molar-refractivity contribution < 1.29 is 8.42 Å². The second kappa shape index (κ2) is 9.11. The van der Waals surface area contributed by atoms with Gasteiger partial charge >= 0.3 is 0 Å². The molecule has 4 aromatic rings. The molecule has 0 atom stereocenters. The number of sulfonamides is 1. The van der Waals surface area contributed by atoms with Crippen molar-refractivity contribution in [2.75, 3.05) is 0 Å². The minimum atomic E-state index is -3.61. The Bertz CT molecular complexity index is 1460. The molecule has 0 amide bonds. The van der Waals surface area contributed by atoms with Gasteiger partial charge in [-0.25, -0.2) is 28.1 Å². The van der Waals surface area contributed by atoms with Crippen LogP contribution in [0.2, 0.25) is 10.0 Å². The van der Waals surface area contributed by atoms with Gasteiger partial charge < -0.3 is 0 Å². The normalized spacial score (nSPS) is 12.2. The largest absolute Gasteiger partial charge is 0.274 e. The van der Waals surface area contributed by atoms with E-state index in [0.29, 0.717) is 27.4 Å². The minimum absolute atomic E-state index is 0.193. The maximum atomic E-state index is 12.5. The van der Waals surface area contributed by atoms with Crippen LogP contribution in [0.25, 0.3) is 28.5 Å². The van der Waals surface area contributed by atoms with Gasteiger partial charge in [0.05, 0.1) is 26.3 Å². The number of aromatic nitrogens is 4. The molecule has 10 heteroatoms. The highest BCUT2D eigenvalue weighted by Gasteiger charge is 2.22. The van der Waals surface area contributed by atoms with E-state index in [2.05, 4.69) is 19.7 Å². The van der Waals surface area contributed by atoms with Crippen LogP contribution >= 0.6 is 23.2 Å². The fourth-order valence-corrected chi connectivity index (χ4v) is 5.04. The number of aryl methyl sites for hydroxylation is 1. The number of hydrogen-bond donors (Lipinski definition) is 1. The topological polar surface area (TPSA) is 89.8 Å². The Morgan fingerprint density at radius 1 is 0.882 bits per heavy atom. The SMILES string of the molecule is Cc1cc(-c2ccc(Cl)c(Cl)c2)nc(-n2cnc(-c3ccc(S(=O)(=O)NC(C)(C)C)cc3)c2)n1. The van der Waals surface area contributed by atoms with Crippen molar-refractivity contribution in [3.05, 3.63) is 76.8 Å². The molecule has 0 aliphatic heterocycles. The van der Waals surface area contributed by atoms with Crippen molar-refractivity contribution in [3.8, 4) is 28.5 Å². The maximum Gasteiger partial charge on any atom is 0.241 e. The quantitative estimate of drug-likeness (QED) is 0.368. The molecule has 176 valence electrons. The first-order valence-corrected chi connectivity index (χ1v) is 12.7. The molecule has 0 unspecified atom stereocenters. The Balaban J connectivity index is 1.63. The Kier molecular flexibility index (Phi) is 6.52. The number of halogens is 2. The fraction of sp³-hybridized carbons (Fsp3) is 0.208. The molecule has 2 heterocycles. The van der Waals surface area contributed by atoms with Gasteiger partial charge in [-0.15, -0.1) is 0 Å². The molecule has 1 N–H and O–H groups in total. The highest BCUT2D eigenvalue weighted by Crippen LogP contribution is 2.28. The van der Waals surface area contributed by atoms with Gasteiger partial charge in [0.2, 0.25) is 16.0 Å². The highest BCUT2D eigenvalue weighted by atomic mass is 35.5. The summed E-state index contributed by atoms with van der Waals surface area (Å²) in [5.41, 5.74) is 3.17. The predicted molar refractivity (Wildman–Crippen MR) is 135 cm³/mol. The van der Waals surface area contributed by atoms with Crippen LogP contribution in [0.4, 0.5) is 0 Å². The summed E-state index contributed by atoms with van der Waals surface area (Å²) in [5, 5.41) is 0.925. The van der Waals surface area contributed by atoms with E-state index in [9.17, 15) is 8.42 Å². The summed E-state index contributed by atoms with van der Waals surface area (Å²) in [4.78, 5) is 13.8. The lowest BCUT2D eigenvalue weighted by atomic mass is 10.1. The van der Waals surface area contributed by atoms with Crippen LogP contribution in [0, 0.1) is 6.92 Å². The lowest BCUT2D eigenvalue weighted by Crippen LogP contribution is -2.40. The molecule has 0 aliphatic carbocycles. The average Bonchev–Trinajstić information content (AvgIpc) is 3.24. The minimum Gasteiger partial charge on any atom is -0.274 e. The van der Waals surface area contributed by atoms with E-state index in [4.69, 9.17) is 23.2 Å². The van der Waals surface area contributed by atoms with Gasteiger partial charge in [0.1, 0.15) is 6.33 Å². The fourth-order valence-electron chi connectivity index (χ4n) is 3.32. The van der Waals surface area contributed by atoms with Crippen molar-refractivity contribution in [1.82, 2.24) is 24.2 Å². The Morgan fingerprint density at radius 3 is 2.21 bits per heavy atom. The third-order valence-corrected chi connectivity index (χ3v) is 7.29. The van der Waals surface area contributed by atoms with E-state index in [1.165, 1.54) is 0 Å². The van der Waals surface area contributed by atoms with E-state index < -0.39 is 15.6 Å². The summed E-state index contributed by atoms with van der Waals surface area (Å²) in [5.74, 6) is 0.452. The first-order chi connectivity index (χ1) is 15.9. The van der Waals surface area contributed by atoms with Gasteiger partial charge in [-0.05, 0) is 58.0 Å². The van der Waals surface area contributed by atoms with Crippen LogP contribution in [0.1, 0.15) is 26.5 Å². The van der Waals surface area contributed by atoms with Crippen molar-refractivity contribution in [2.24, 2.45) is 0 Å². The molecule has 34 heavy (non-hydrogen) atoms. The molecule has 2 aromatic heterocycles. The lowest BCUT2D eigenvalue weighted by molar-refractivity contribution is 0.491. The van der Waals surface area contributed by atoms with Crippen LogP contribution < -0.4 is 4.72 Å². The first-order valence-electron chi connectivity index (χ1n) is 10.4. The van der Waals surface area contributed by atoms with Gasteiger partial charge in [-0.3, -0.25) is 4.57 Å². The van der Waals surface area contributed by atoms with Gasteiger partial charge in [0.15, 0.2) is 0 Å².